The molecule has 1 N–H and O–H groups in total. The first-order valence-corrected chi connectivity index (χ1v) is 10.1. The fourth-order valence-electron chi connectivity index (χ4n) is 3.01. The van der Waals surface area contributed by atoms with Gasteiger partial charge in [0.1, 0.15) is 23.9 Å². The van der Waals surface area contributed by atoms with Crippen molar-refractivity contribution in [2.75, 3.05) is 13.2 Å². The second kappa shape index (κ2) is 9.45. The summed E-state index contributed by atoms with van der Waals surface area (Å²) in [4.78, 5) is 25.5. The van der Waals surface area contributed by atoms with Crippen molar-refractivity contribution in [2.45, 2.75) is 19.3 Å². The number of ether oxygens (including phenoxy) is 1. The first-order valence-electron chi connectivity index (χ1n) is 9.31. The molecule has 0 saturated carbocycles. The molecule has 0 spiro atoms. The third kappa shape index (κ3) is 4.86. The van der Waals surface area contributed by atoms with Crippen molar-refractivity contribution in [3.8, 4) is 5.69 Å². The van der Waals surface area contributed by atoms with Gasteiger partial charge < -0.3 is 10.1 Å². The minimum absolute atomic E-state index is 0.0606. The molecule has 3 aromatic rings. The molecule has 2 aromatic carbocycles. The van der Waals surface area contributed by atoms with Crippen LogP contribution in [-0.4, -0.2) is 39.8 Å². The van der Waals surface area contributed by atoms with E-state index in [1.165, 1.54) is 36.9 Å². The van der Waals surface area contributed by atoms with E-state index >= 15 is 0 Å². The number of benzene rings is 2. The Morgan fingerprint density at radius 3 is 2.26 bits per heavy atom. The molecule has 1 heterocycles. The van der Waals surface area contributed by atoms with Crippen molar-refractivity contribution in [2.24, 2.45) is 0 Å². The van der Waals surface area contributed by atoms with Gasteiger partial charge in [-0.25, -0.2) is 4.39 Å². The Balaban J connectivity index is 1.86. The van der Waals surface area contributed by atoms with Crippen LogP contribution in [0.5, 0.6) is 0 Å². The summed E-state index contributed by atoms with van der Waals surface area (Å²) in [6.45, 7) is 3.33. The molecule has 0 saturated heterocycles. The number of hydrogen-bond acceptors (Lipinski definition) is 5. The van der Waals surface area contributed by atoms with Crippen LogP contribution in [0.25, 0.3) is 5.69 Å². The van der Waals surface area contributed by atoms with Crippen molar-refractivity contribution < 1.29 is 18.7 Å². The summed E-state index contributed by atoms with van der Waals surface area (Å²) >= 11 is 12.6. The highest BCUT2D eigenvalue weighted by Gasteiger charge is 2.37. The molecule has 31 heavy (non-hydrogen) atoms. The SMILES string of the molecule is CCOC(=O)C(C)(CNC(=O)c1c(Cl)cc(-n2cnnc2)cc1Cl)c1ccc(F)cc1. The maximum Gasteiger partial charge on any atom is 0.318 e. The molecule has 1 aromatic heterocycles. The Labute approximate surface area is 188 Å². The van der Waals surface area contributed by atoms with Gasteiger partial charge >= 0.3 is 5.97 Å². The van der Waals surface area contributed by atoms with Gasteiger partial charge in [-0.15, -0.1) is 10.2 Å². The molecular weight excluding hydrogens is 446 g/mol. The summed E-state index contributed by atoms with van der Waals surface area (Å²) in [6.07, 6.45) is 2.93. The number of hydrogen-bond donors (Lipinski definition) is 1. The maximum absolute atomic E-state index is 13.4. The number of carbonyl (C=O) groups is 2. The number of nitrogens with zero attached hydrogens (tertiary/aromatic N) is 3. The Kier molecular flexibility index (Phi) is 6.92. The van der Waals surface area contributed by atoms with Crippen LogP contribution >= 0.6 is 23.2 Å². The fourth-order valence-corrected chi connectivity index (χ4v) is 3.65. The molecular formula is C21H19Cl2FN4O3. The molecule has 1 atom stereocenters. The highest BCUT2D eigenvalue weighted by molar-refractivity contribution is 6.40. The number of nitrogens with one attached hydrogen (secondary N) is 1. The van der Waals surface area contributed by atoms with E-state index in [0.29, 0.717) is 11.3 Å². The van der Waals surface area contributed by atoms with Crippen LogP contribution in [-0.2, 0) is 14.9 Å². The van der Waals surface area contributed by atoms with Gasteiger partial charge in [-0.2, -0.15) is 0 Å². The smallest absolute Gasteiger partial charge is 0.318 e. The third-order valence-electron chi connectivity index (χ3n) is 4.78. The molecule has 1 unspecified atom stereocenters. The Morgan fingerprint density at radius 1 is 1.13 bits per heavy atom. The second-order valence-electron chi connectivity index (χ2n) is 6.90. The van der Waals surface area contributed by atoms with Crippen LogP contribution in [0.2, 0.25) is 10.0 Å². The van der Waals surface area contributed by atoms with E-state index in [-0.39, 0.29) is 28.8 Å². The third-order valence-corrected chi connectivity index (χ3v) is 5.38. The fraction of sp³-hybridized carbons (Fsp3) is 0.238. The highest BCUT2D eigenvalue weighted by Crippen LogP contribution is 2.29. The molecule has 0 aliphatic heterocycles. The largest absolute Gasteiger partial charge is 0.465 e. The van der Waals surface area contributed by atoms with E-state index in [4.69, 9.17) is 27.9 Å². The van der Waals surface area contributed by atoms with E-state index in [9.17, 15) is 14.0 Å². The summed E-state index contributed by atoms with van der Waals surface area (Å²) in [5, 5.41) is 10.4. The zero-order valence-corrected chi connectivity index (χ0v) is 18.2. The first kappa shape index (κ1) is 22.7. The lowest BCUT2D eigenvalue weighted by molar-refractivity contribution is -0.149. The van der Waals surface area contributed by atoms with E-state index in [0.717, 1.165) is 0 Å². The monoisotopic (exact) mass is 464 g/mol. The number of amides is 1. The molecule has 0 fully saturated rings. The lowest BCUT2D eigenvalue weighted by Gasteiger charge is -2.28. The van der Waals surface area contributed by atoms with Gasteiger partial charge in [0.05, 0.1) is 27.9 Å². The molecule has 3 rings (SSSR count). The first-order chi connectivity index (χ1) is 14.8. The van der Waals surface area contributed by atoms with Gasteiger partial charge in [0, 0.05) is 6.54 Å². The Hall–Kier alpha value is -2.97. The predicted octanol–water partition coefficient (Wildman–Crippen LogP) is 3.96. The standard InChI is InChI=1S/C21H19Cl2FN4O3/c1-3-31-20(30)21(2,13-4-6-14(24)7-5-13)10-25-19(29)18-16(22)8-15(9-17(18)23)28-11-26-27-12-28/h4-9,11-12H,3,10H2,1-2H3,(H,25,29). The molecule has 0 bridgehead atoms. The average Bonchev–Trinajstić information content (AvgIpc) is 3.27. The average molecular weight is 465 g/mol. The zero-order valence-electron chi connectivity index (χ0n) is 16.7. The van der Waals surface area contributed by atoms with Crippen LogP contribution < -0.4 is 5.32 Å². The van der Waals surface area contributed by atoms with Crippen LogP contribution in [0.3, 0.4) is 0 Å². The topological polar surface area (TPSA) is 86.1 Å². The van der Waals surface area contributed by atoms with Crippen molar-refractivity contribution in [1.29, 1.82) is 0 Å². The normalized spacial score (nSPS) is 12.8. The predicted molar refractivity (Wildman–Crippen MR) is 114 cm³/mol. The number of aromatic nitrogens is 3. The van der Waals surface area contributed by atoms with Gasteiger partial charge in [0.25, 0.3) is 5.91 Å². The summed E-state index contributed by atoms with van der Waals surface area (Å²) in [5.41, 5.74) is -0.113. The van der Waals surface area contributed by atoms with Gasteiger partial charge in [-0.05, 0) is 43.7 Å². The highest BCUT2D eigenvalue weighted by atomic mass is 35.5. The van der Waals surface area contributed by atoms with E-state index in [1.54, 1.807) is 30.5 Å². The molecule has 0 aliphatic rings. The van der Waals surface area contributed by atoms with E-state index in [1.807, 2.05) is 0 Å². The van der Waals surface area contributed by atoms with Crippen LogP contribution in [0.15, 0.2) is 49.1 Å². The van der Waals surface area contributed by atoms with Crippen molar-refractivity contribution in [1.82, 2.24) is 20.1 Å². The molecule has 0 aliphatic carbocycles. The summed E-state index contributed by atoms with van der Waals surface area (Å²) < 4.78 is 20.1. The second-order valence-corrected chi connectivity index (χ2v) is 7.71. The lowest BCUT2D eigenvalue weighted by Crippen LogP contribution is -2.45. The van der Waals surface area contributed by atoms with Crippen molar-refractivity contribution >= 4 is 35.1 Å². The van der Waals surface area contributed by atoms with Gasteiger partial charge in [0.15, 0.2) is 0 Å². The minimum atomic E-state index is -1.25. The number of rotatable bonds is 7. The summed E-state index contributed by atoms with van der Waals surface area (Å²) in [7, 11) is 0. The summed E-state index contributed by atoms with van der Waals surface area (Å²) in [6, 6.07) is 8.54. The number of carbonyl (C=O) groups excluding carboxylic acids is 2. The molecule has 1 amide bonds. The van der Waals surface area contributed by atoms with Gasteiger partial charge in [-0.3, -0.25) is 14.2 Å². The molecule has 162 valence electrons. The van der Waals surface area contributed by atoms with Gasteiger partial charge in [0.2, 0.25) is 0 Å². The number of halogens is 3. The molecule has 0 radical (unpaired) electrons. The van der Waals surface area contributed by atoms with Crippen molar-refractivity contribution in [3.63, 3.8) is 0 Å². The lowest BCUT2D eigenvalue weighted by atomic mass is 9.82. The maximum atomic E-state index is 13.4. The quantitative estimate of drug-likeness (QED) is 0.534. The van der Waals surface area contributed by atoms with Crippen LogP contribution in [0, 0.1) is 5.82 Å². The van der Waals surface area contributed by atoms with Crippen molar-refractivity contribution in [3.05, 3.63) is 76.0 Å². The minimum Gasteiger partial charge on any atom is -0.465 e. The van der Waals surface area contributed by atoms with E-state index < -0.39 is 23.1 Å². The van der Waals surface area contributed by atoms with Gasteiger partial charge in [-0.1, -0.05) is 35.3 Å². The number of esters is 1. The van der Waals surface area contributed by atoms with Crippen LogP contribution in [0.4, 0.5) is 4.39 Å². The molecule has 7 nitrogen and oxygen atoms in total. The molecule has 10 heteroatoms. The van der Waals surface area contributed by atoms with E-state index in [2.05, 4.69) is 15.5 Å². The van der Waals surface area contributed by atoms with Crippen LogP contribution in [0.1, 0.15) is 29.8 Å². The Morgan fingerprint density at radius 2 is 1.71 bits per heavy atom. The zero-order chi connectivity index (χ0) is 22.6. The Bertz CT molecular complexity index is 1070. The summed E-state index contributed by atoms with van der Waals surface area (Å²) in [5.74, 6) is -1.56.